The molecule has 0 saturated heterocycles. The first kappa shape index (κ1) is 27.8. The summed E-state index contributed by atoms with van der Waals surface area (Å²) in [6.07, 6.45) is 4.09. The molecule has 212 valence electrons. The summed E-state index contributed by atoms with van der Waals surface area (Å²) < 4.78 is 11.1. The highest BCUT2D eigenvalue weighted by Gasteiger charge is 2.21. The highest BCUT2D eigenvalue weighted by atomic mass is 32.2. The lowest BCUT2D eigenvalue weighted by Crippen LogP contribution is -2.05. The molecule has 1 atom stereocenters. The Hall–Kier alpha value is -4.40. The molecule has 42 heavy (non-hydrogen) atoms. The third-order valence-electron chi connectivity index (χ3n) is 7.51. The molecule has 1 unspecified atom stereocenters. The van der Waals surface area contributed by atoms with Gasteiger partial charge in [-0.25, -0.2) is 9.98 Å². The topological polar surface area (TPSA) is 88.9 Å². The van der Waals surface area contributed by atoms with Crippen molar-refractivity contribution in [3.63, 3.8) is 0 Å². The van der Waals surface area contributed by atoms with Crippen LogP contribution in [0.3, 0.4) is 0 Å². The smallest absolute Gasteiger partial charge is 0.225 e. The molecule has 0 fully saturated rings. The Kier molecular flexibility index (Phi) is 8.35. The van der Waals surface area contributed by atoms with E-state index in [0.717, 1.165) is 39.1 Å². The molecule has 0 radical (unpaired) electrons. The molecule has 0 bridgehead atoms. The number of benzene rings is 4. The maximum absolute atomic E-state index is 9.79. The van der Waals surface area contributed by atoms with Crippen molar-refractivity contribution in [3.8, 4) is 11.5 Å². The molecule has 6 rings (SSSR count). The van der Waals surface area contributed by atoms with Crippen molar-refractivity contribution in [1.82, 2.24) is 9.97 Å². The lowest BCUT2D eigenvalue weighted by atomic mass is 10.0. The number of aromatic nitrogens is 2. The molecule has 0 aliphatic heterocycles. The minimum absolute atomic E-state index is 0.00148. The lowest BCUT2D eigenvalue weighted by Gasteiger charge is -2.14. The number of aliphatic imine (C=N–C) groups is 1. The summed E-state index contributed by atoms with van der Waals surface area (Å²) in [5.74, 6) is 2.50. The van der Waals surface area contributed by atoms with Gasteiger partial charge in [0.25, 0.3) is 0 Å². The van der Waals surface area contributed by atoms with E-state index in [9.17, 15) is 5.11 Å². The van der Waals surface area contributed by atoms with Crippen molar-refractivity contribution in [1.29, 1.82) is 0 Å². The minimum atomic E-state index is -0.00148. The zero-order valence-electron chi connectivity index (χ0n) is 23.6. The molecule has 8 heteroatoms. The first-order valence-corrected chi connectivity index (χ1v) is 14.7. The number of rotatable bonds is 10. The Balaban J connectivity index is 1.32. The number of hydrogen-bond donors (Lipinski definition) is 2. The number of aryl methyl sites for hydroxylation is 1. The highest BCUT2D eigenvalue weighted by Crippen LogP contribution is 2.37. The standard InChI is InChI=1S/C34H32N4O3S/c1-40-29-17-27-28(18-30(29)41-2)37-34(38-33(27)35-19-23-16-15-22-9-3-6-12-26(22)23)36-20-24-10-4-7-13-31(24)42-32-14-8-5-11-25(32)21-39/h3-14,17-19,23,39H,15-16,20-21H2,1-2H3,(H,36,37,38). The van der Waals surface area contributed by atoms with Gasteiger partial charge < -0.3 is 19.9 Å². The summed E-state index contributed by atoms with van der Waals surface area (Å²) in [6, 6.07) is 28.4. The number of aliphatic hydroxyl groups excluding tert-OH is 1. The number of aliphatic hydroxyl groups is 1. The maximum atomic E-state index is 9.79. The third kappa shape index (κ3) is 5.82. The van der Waals surface area contributed by atoms with Crippen LogP contribution in [0.15, 0.2) is 99.7 Å². The molecule has 1 aromatic heterocycles. The summed E-state index contributed by atoms with van der Waals surface area (Å²) in [5.41, 5.74) is 5.42. The van der Waals surface area contributed by atoms with Gasteiger partial charge in [-0.15, -0.1) is 0 Å². The average molecular weight is 577 g/mol. The molecule has 5 aromatic rings. The molecule has 1 heterocycles. The van der Waals surface area contributed by atoms with Gasteiger partial charge in [0.2, 0.25) is 5.95 Å². The molecule has 7 nitrogen and oxygen atoms in total. The summed E-state index contributed by atoms with van der Waals surface area (Å²) >= 11 is 1.64. The van der Waals surface area contributed by atoms with Crippen LogP contribution in [0.4, 0.5) is 11.8 Å². The SMILES string of the molecule is COc1cc2nc(NCc3ccccc3Sc3ccccc3CO)nc(N=CC3CCc4ccccc43)c2cc1OC. The van der Waals surface area contributed by atoms with Crippen LogP contribution in [0.25, 0.3) is 10.9 Å². The molecule has 2 N–H and O–H groups in total. The Labute approximate surface area is 249 Å². The van der Waals surface area contributed by atoms with Crippen LogP contribution >= 0.6 is 11.8 Å². The number of hydrogen-bond acceptors (Lipinski definition) is 8. The Morgan fingerprint density at radius 2 is 1.60 bits per heavy atom. The van der Waals surface area contributed by atoms with Gasteiger partial charge in [0.15, 0.2) is 17.3 Å². The second-order valence-electron chi connectivity index (χ2n) is 10.0. The molecular weight excluding hydrogens is 544 g/mol. The first-order chi connectivity index (χ1) is 20.7. The van der Waals surface area contributed by atoms with Gasteiger partial charge in [-0.2, -0.15) is 4.98 Å². The molecule has 1 aliphatic carbocycles. The first-order valence-electron chi connectivity index (χ1n) is 13.9. The maximum Gasteiger partial charge on any atom is 0.225 e. The van der Waals surface area contributed by atoms with Gasteiger partial charge in [-0.3, -0.25) is 0 Å². The van der Waals surface area contributed by atoms with Gasteiger partial charge in [0.1, 0.15) is 0 Å². The Morgan fingerprint density at radius 3 is 2.38 bits per heavy atom. The summed E-state index contributed by atoms with van der Waals surface area (Å²) in [6.45, 7) is 0.515. The fraction of sp³-hybridized carbons (Fsp3) is 0.206. The number of nitrogens with zero attached hydrogens (tertiary/aromatic N) is 3. The van der Waals surface area contributed by atoms with Crippen molar-refractivity contribution in [2.75, 3.05) is 19.5 Å². The monoisotopic (exact) mass is 576 g/mol. The number of anilines is 1. The van der Waals surface area contributed by atoms with Crippen LogP contribution in [0.5, 0.6) is 11.5 Å². The number of ether oxygens (including phenoxy) is 2. The zero-order valence-corrected chi connectivity index (χ0v) is 24.4. The fourth-order valence-corrected chi connectivity index (χ4v) is 6.36. The van der Waals surface area contributed by atoms with E-state index in [1.807, 2.05) is 54.7 Å². The van der Waals surface area contributed by atoms with Gasteiger partial charge in [0.05, 0.1) is 26.3 Å². The molecule has 0 spiro atoms. The van der Waals surface area contributed by atoms with Gasteiger partial charge in [-0.1, -0.05) is 72.4 Å². The Morgan fingerprint density at radius 1 is 0.905 bits per heavy atom. The Bertz CT molecular complexity index is 1760. The summed E-state index contributed by atoms with van der Waals surface area (Å²) in [5, 5.41) is 14.0. The van der Waals surface area contributed by atoms with Crippen LogP contribution < -0.4 is 14.8 Å². The largest absolute Gasteiger partial charge is 0.493 e. The van der Waals surface area contributed by atoms with E-state index in [1.165, 1.54) is 11.1 Å². The average Bonchev–Trinajstić information content (AvgIpc) is 3.45. The lowest BCUT2D eigenvalue weighted by molar-refractivity contribution is 0.279. The minimum Gasteiger partial charge on any atom is -0.493 e. The fourth-order valence-electron chi connectivity index (χ4n) is 5.30. The van der Waals surface area contributed by atoms with Crippen LogP contribution in [0.2, 0.25) is 0 Å². The van der Waals surface area contributed by atoms with Crippen LogP contribution in [0.1, 0.15) is 34.6 Å². The van der Waals surface area contributed by atoms with E-state index < -0.39 is 0 Å². The zero-order chi connectivity index (χ0) is 28.9. The van der Waals surface area contributed by atoms with E-state index in [2.05, 4.69) is 41.7 Å². The summed E-state index contributed by atoms with van der Waals surface area (Å²) in [7, 11) is 3.23. The van der Waals surface area contributed by atoms with E-state index >= 15 is 0 Å². The molecular formula is C34H32N4O3S. The van der Waals surface area contributed by atoms with Crippen LogP contribution in [-0.2, 0) is 19.6 Å². The van der Waals surface area contributed by atoms with Gasteiger partial charge in [0, 0.05) is 39.9 Å². The van der Waals surface area contributed by atoms with E-state index in [0.29, 0.717) is 35.3 Å². The van der Waals surface area contributed by atoms with Gasteiger partial charge >= 0.3 is 0 Å². The second kappa shape index (κ2) is 12.6. The second-order valence-corrected chi connectivity index (χ2v) is 11.1. The van der Waals surface area contributed by atoms with Crippen LogP contribution in [0, 0.1) is 0 Å². The van der Waals surface area contributed by atoms with Gasteiger partial charge in [-0.05, 0) is 53.3 Å². The van der Waals surface area contributed by atoms with E-state index in [1.54, 1.807) is 26.0 Å². The number of fused-ring (bicyclic) bond motifs is 2. The van der Waals surface area contributed by atoms with Crippen molar-refractivity contribution in [2.24, 2.45) is 4.99 Å². The van der Waals surface area contributed by atoms with E-state index in [4.69, 9.17) is 24.4 Å². The van der Waals surface area contributed by atoms with Crippen molar-refractivity contribution in [2.45, 2.75) is 41.7 Å². The molecule has 0 amide bonds. The van der Waals surface area contributed by atoms with E-state index in [-0.39, 0.29) is 12.5 Å². The number of nitrogens with one attached hydrogen (secondary N) is 1. The van der Waals surface area contributed by atoms with Crippen molar-refractivity contribution >= 4 is 40.6 Å². The molecule has 0 saturated carbocycles. The predicted octanol–water partition coefficient (Wildman–Crippen LogP) is 7.33. The quantitative estimate of drug-likeness (QED) is 0.168. The molecule has 1 aliphatic rings. The number of methoxy groups -OCH3 is 2. The van der Waals surface area contributed by atoms with Crippen LogP contribution in [-0.4, -0.2) is 35.5 Å². The molecule has 4 aromatic carbocycles. The highest BCUT2D eigenvalue weighted by molar-refractivity contribution is 7.99. The predicted molar refractivity (Wildman–Crippen MR) is 169 cm³/mol. The van der Waals surface area contributed by atoms with Crippen molar-refractivity contribution in [3.05, 3.63) is 107 Å². The van der Waals surface area contributed by atoms with Crippen molar-refractivity contribution < 1.29 is 14.6 Å². The normalized spacial score (nSPS) is 14.3. The third-order valence-corrected chi connectivity index (χ3v) is 8.75. The summed E-state index contributed by atoms with van der Waals surface area (Å²) in [4.78, 5) is 16.7.